The van der Waals surface area contributed by atoms with Gasteiger partial charge in [-0.3, -0.25) is 4.79 Å². The lowest BCUT2D eigenvalue weighted by molar-refractivity contribution is 0.0795. The molecule has 0 aliphatic rings. The van der Waals surface area contributed by atoms with E-state index in [0.29, 0.717) is 24.2 Å². The molecule has 0 atom stereocenters. The number of nitrogens with zero attached hydrogens (tertiary/aromatic N) is 1. The zero-order chi connectivity index (χ0) is 13.8. The van der Waals surface area contributed by atoms with Gasteiger partial charge in [-0.05, 0) is 43.3 Å². The highest BCUT2D eigenvalue weighted by Gasteiger charge is 2.11. The van der Waals surface area contributed by atoms with Crippen LogP contribution >= 0.6 is 0 Å². The molecule has 0 aliphatic carbocycles. The van der Waals surface area contributed by atoms with Crippen LogP contribution in [-0.4, -0.2) is 24.4 Å². The Morgan fingerprint density at radius 1 is 1.21 bits per heavy atom. The van der Waals surface area contributed by atoms with E-state index in [-0.39, 0.29) is 5.91 Å². The van der Waals surface area contributed by atoms with Crippen LogP contribution in [-0.2, 0) is 6.42 Å². The molecule has 19 heavy (non-hydrogen) atoms. The van der Waals surface area contributed by atoms with E-state index >= 15 is 0 Å². The maximum atomic E-state index is 12.1. The van der Waals surface area contributed by atoms with E-state index in [4.69, 9.17) is 10.2 Å². The second-order valence-electron chi connectivity index (χ2n) is 4.61. The number of amides is 1. The number of nitrogen functional groups attached to an aromatic ring is 1. The van der Waals surface area contributed by atoms with Crippen molar-refractivity contribution in [2.75, 3.05) is 19.3 Å². The number of carbonyl (C=O) groups excluding carboxylic acids is 1. The zero-order valence-corrected chi connectivity index (χ0v) is 11.2. The Hall–Kier alpha value is -2.23. The van der Waals surface area contributed by atoms with Gasteiger partial charge in [-0.15, -0.1) is 0 Å². The van der Waals surface area contributed by atoms with Gasteiger partial charge in [0.05, 0.1) is 0 Å². The molecule has 1 amide bonds. The predicted octanol–water partition coefficient (Wildman–Crippen LogP) is 2.48. The van der Waals surface area contributed by atoms with E-state index in [2.05, 4.69) is 0 Å². The second kappa shape index (κ2) is 5.61. The average molecular weight is 258 g/mol. The fraction of sp³-hybridized carbons (Fsp3) is 0.267. The molecule has 2 rings (SSSR count). The summed E-state index contributed by atoms with van der Waals surface area (Å²) in [6, 6.07) is 10.8. The third kappa shape index (κ3) is 3.37. The van der Waals surface area contributed by atoms with Gasteiger partial charge in [-0.25, -0.2) is 0 Å². The number of hydrogen-bond acceptors (Lipinski definition) is 3. The standard InChI is InChI=1S/C15H18N2O2/c1-11-3-8-14(19-11)9-10-17(2)15(18)12-4-6-13(16)7-5-12/h3-8H,9-10,16H2,1-2H3. The minimum absolute atomic E-state index is 0.0109. The van der Waals surface area contributed by atoms with Gasteiger partial charge in [0.1, 0.15) is 11.5 Å². The number of hydrogen-bond donors (Lipinski definition) is 1. The Labute approximate surface area is 112 Å². The largest absolute Gasteiger partial charge is 0.466 e. The van der Waals surface area contributed by atoms with Crippen LogP contribution < -0.4 is 5.73 Å². The topological polar surface area (TPSA) is 59.5 Å². The number of furan rings is 1. The molecule has 1 heterocycles. The number of benzene rings is 1. The van der Waals surface area contributed by atoms with Crippen LogP contribution in [0.3, 0.4) is 0 Å². The van der Waals surface area contributed by atoms with E-state index in [0.717, 1.165) is 11.5 Å². The van der Waals surface area contributed by atoms with Gasteiger partial charge < -0.3 is 15.1 Å². The maximum absolute atomic E-state index is 12.1. The molecule has 1 aromatic heterocycles. The number of likely N-dealkylation sites (N-methyl/N-ethyl adjacent to an activating group) is 1. The van der Waals surface area contributed by atoms with Gasteiger partial charge in [0.15, 0.2) is 0 Å². The minimum Gasteiger partial charge on any atom is -0.466 e. The lowest BCUT2D eigenvalue weighted by atomic mass is 10.2. The highest BCUT2D eigenvalue weighted by atomic mass is 16.3. The van der Waals surface area contributed by atoms with Crippen molar-refractivity contribution < 1.29 is 9.21 Å². The predicted molar refractivity (Wildman–Crippen MR) is 75.0 cm³/mol. The van der Waals surface area contributed by atoms with Crippen molar-refractivity contribution in [2.24, 2.45) is 0 Å². The van der Waals surface area contributed by atoms with E-state index in [9.17, 15) is 4.79 Å². The highest BCUT2D eigenvalue weighted by molar-refractivity contribution is 5.94. The second-order valence-corrected chi connectivity index (χ2v) is 4.61. The average Bonchev–Trinajstić information content (AvgIpc) is 2.82. The first kappa shape index (κ1) is 13.2. The van der Waals surface area contributed by atoms with Crippen LogP contribution in [0.2, 0.25) is 0 Å². The van der Waals surface area contributed by atoms with Crippen molar-refractivity contribution in [2.45, 2.75) is 13.3 Å². The van der Waals surface area contributed by atoms with Gasteiger partial charge >= 0.3 is 0 Å². The molecule has 0 spiro atoms. The molecule has 100 valence electrons. The Morgan fingerprint density at radius 2 is 1.89 bits per heavy atom. The van der Waals surface area contributed by atoms with Gasteiger partial charge in [0, 0.05) is 31.3 Å². The van der Waals surface area contributed by atoms with Crippen molar-refractivity contribution in [3.05, 3.63) is 53.5 Å². The summed E-state index contributed by atoms with van der Waals surface area (Å²) in [5, 5.41) is 0. The number of rotatable bonds is 4. The lowest BCUT2D eigenvalue weighted by Crippen LogP contribution is -2.28. The molecule has 1 aromatic carbocycles. The summed E-state index contributed by atoms with van der Waals surface area (Å²) in [4.78, 5) is 13.8. The fourth-order valence-electron chi connectivity index (χ4n) is 1.85. The quantitative estimate of drug-likeness (QED) is 0.857. The van der Waals surface area contributed by atoms with Gasteiger partial charge in [0.2, 0.25) is 0 Å². The molecular weight excluding hydrogens is 240 g/mol. The van der Waals surface area contributed by atoms with Crippen molar-refractivity contribution in [1.29, 1.82) is 0 Å². The minimum atomic E-state index is -0.0109. The molecule has 0 aliphatic heterocycles. The molecule has 4 nitrogen and oxygen atoms in total. The first-order valence-electron chi connectivity index (χ1n) is 6.22. The number of aryl methyl sites for hydroxylation is 1. The zero-order valence-electron chi connectivity index (χ0n) is 11.2. The monoisotopic (exact) mass is 258 g/mol. The molecule has 4 heteroatoms. The summed E-state index contributed by atoms with van der Waals surface area (Å²) in [6.07, 6.45) is 0.713. The van der Waals surface area contributed by atoms with E-state index in [1.54, 1.807) is 36.2 Å². The van der Waals surface area contributed by atoms with Crippen LogP contribution in [0.5, 0.6) is 0 Å². The van der Waals surface area contributed by atoms with Crippen molar-refractivity contribution >= 4 is 11.6 Å². The Bertz CT molecular complexity index is 558. The third-order valence-corrected chi connectivity index (χ3v) is 2.99. The third-order valence-electron chi connectivity index (χ3n) is 2.99. The van der Waals surface area contributed by atoms with Gasteiger partial charge in [-0.2, -0.15) is 0 Å². The van der Waals surface area contributed by atoms with Crippen molar-refractivity contribution in [1.82, 2.24) is 4.90 Å². The van der Waals surface area contributed by atoms with Gasteiger partial charge in [0.25, 0.3) is 5.91 Å². The molecule has 0 bridgehead atoms. The smallest absolute Gasteiger partial charge is 0.253 e. The summed E-state index contributed by atoms with van der Waals surface area (Å²) in [7, 11) is 1.79. The number of anilines is 1. The number of carbonyl (C=O) groups is 1. The first-order chi connectivity index (χ1) is 9.06. The van der Waals surface area contributed by atoms with Crippen molar-refractivity contribution in [3.63, 3.8) is 0 Å². The molecule has 0 saturated carbocycles. The summed E-state index contributed by atoms with van der Waals surface area (Å²) in [5.74, 6) is 1.78. The lowest BCUT2D eigenvalue weighted by Gasteiger charge is -2.16. The van der Waals surface area contributed by atoms with E-state index < -0.39 is 0 Å². The molecule has 2 aromatic rings. The van der Waals surface area contributed by atoms with Crippen molar-refractivity contribution in [3.8, 4) is 0 Å². The van der Waals surface area contributed by atoms with Crippen LogP contribution in [0.15, 0.2) is 40.8 Å². The molecule has 2 N–H and O–H groups in total. The van der Waals surface area contributed by atoms with E-state index in [1.165, 1.54) is 0 Å². The Balaban J connectivity index is 1.94. The summed E-state index contributed by atoms with van der Waals surface area (Å²) >= 11 is 0. The van der Waals surface area contributed by atoms with Crippen LogP contribution in [0, 0.1) is 6.92 Å². The van der Waals surface area contributed by atoms with Crippen LogP contribution in [0.4, 0.5) is 5.69 Å². The highest BCUT2D eigenvalue weighted by Crippen LogP contribution is 2.10. The van der Waals surface area contributed by atoms with Crippen LogP contribution in [0.25, 0.3) is 0 Å². The van der Waals surface area contributed by atoms with Crippen LogP contribution in [0.1, 0.15) is 21.9 Å². The normalized spacial score (nSPS) is 10.4. The molecule has 0 saturated heterocycles. The molecular formula is C15H18N2O2. The molecule has 0 unspecified atom stereocenters. The molecule has 0 fully saturated rings. The maximum Gasteiger partial charge on any atom is 0.253 e. The summed E-state index contributed by atoms with van der Waals surface area (Å²) in [6.45, 7) is 2.53. The summed E-state index contributed by atoms with van der Waals surface area (Å²) in [5.41, 5.74) is 6.91. The SMILES string of the molecule is Cc1ccc(CCN(C)C(=O)c2ccc(N)cc2)o1. The molecule has 0 radical (unpaired) electrons. The Kier molecular flexibility index (Phi) is 3.90. The Morgan fingerprint density at radius 3 is 2.47 bits per heavy atom. The fourth-order valence-corrected chi connectivity index (χ4v) is 1.85. The first-order valence-corrected chi connectivity index (χ1v) is 6.22. The number of nitrogens with two attached hydrogens (primary N) is 1. The van der Waals surface area contributed by atoms with E-state index in [1.807, 2.05) is 19.1 Å². The van der Waals surface area contributed by atoms with Gasteiger partial charge in [-0.1, -0.05) is 0 Å². The summed E-state index contributed by atoms with van der Waals surface area (Å²) < 4.78 is 5.48.